The van der Waals surface area contributed by atoms with Gasteiger partial charge in [-0.15, -0.1) is 0 Å². The molecular weight excluding hydrogens is 293 g/mol. The molecule has 1 aromatic carbocycles. The molecule has 0 spiro atoms. The van der Waals surface area contributed by atoms with E-state index in [1.54, 1.807) is 12.1 Å². The lowest BCUT2D eigenvalue weighted by Crippen LogP contribution is -2.14. The highest BCUT2D eigenvalue weighted by molar-refractivity contribution is 6.33. The number of anilines is 2. The Morgan fingerprint density at radius 3 is 2.76 bits per heavy atom. The van der Waals surface area contributed by atoms with Crippen molar-refractivity contribution in [2.24, 2.45) is 0 Å². The lowest BCUT2D eigenvalue weighted by molar-refractivity contribution is 0.102. The largest absolute Gasteiger partial charge is 0.370 e. The smallest absolute Gasteiger partial charge is 0.257 e. The Morgan fingerprint density at radius 1 is 1.33 bits per heavy atom. The maximum Gasteiger partial charge on any atom is 0.257 e. The average molecular weight is 308 g/mol. The first-order valence-corrected chi connectivity index (χ1v) is 6.95. The summed E-state index contributed by atoms with van der Waals surface area (Å²) in [7, 11) is 0. The summed E-state index contributed by atoms with van der Waals surface area (Å²) < 4.78 is 13.6. The van der Waals surface area contributed by atoms with Crippen molar-refractivity contribution < 1.29 is 9.18 Å². The van der Waals surface area contributed by atoms with E-state index in [1.807, 2.05) is 6.92 Å². The molecule has 0 unspecified atom stereocenters. The summed E-state index contributed by atoms with van der Waals surface area (Å²) >= 11 is 5.86. The van der Waals surface area contributed by atoms with Gasteiger partial charge < -0.3 is 10.6 Å². The lowest BCUT2D eigenvalue weighted by Gasteiger charge is -2.09. The molecule has 21 heavy (non-hydrogen) atoms. The normalized spacial score (nSPS) is 10.2. The predicted octanol–water partition coefficient (Wildman–Crippen LogP) is 3.95. The molecule has 6 heteroatoms. The molecule has 110 valence electrons. The number of carbonyl (C=O) groups excluding carboxylic acids is 1. The number of halogens is 2. The van der Waals surface area contributed by atoms with Crippen LogP contribution < -0.4 is 10.6 Å². The Labute approximate surface area is 127 Å². The molecule has 2 aromatic rings. The number of pyridine rings is 1. The van der Waals surface area contributed by atoms with Crippen molar-refractivity contribution in [2.45, 2.75) is 13.3 Å². The summed E-state index contributed by atoms with van der Waals surface area (Å²) in [5.41, 5.74) is 0.300. The molecule has 0 aliphatic rings. The highest BCUT2D eigenvalue weighted by Gasteiger charge is 2.12. The number of nitrogens with one attached hydrogen (secondary N) is 2. The molecule has 1 aromatic heterocycles. The second kappa shape index (κ2) is 7.04. The van der Waals surface area contributed by atoms with Crippen molar-refractivity contribution in [3.63, 3.8) is 0 Å². The molecule has 1 amide bonds. The van der Waals surface area contributed by atoms with Gasteiger partial charge in [0.1, 0.15) is 11.6 Å². The number of hydrogen-bond acceptors (Lipinski definition) is 3. The number of hydrogen-bond donors (Lipinski definition) is 2. The summed E-state index contributed by atoms with van der Waals surface area (Å²) in [6.07, 6.45) is 2.41. The molecule has 0 radical (unpaired) electrons. The molecule has 2 N–H and O–H groups in total. The van der Waals surface area contributed by atoms with Gasteiger partial charge in [-0.05, 0) is 30.7 Å². The first-order valence-electron chi connectivity index (χ1n) is 6.57. The van der Waals surface area contributed by atoms with Crippen LogP contribution in [0.2, 0.25) is 5.02 Å². The average Bonchev–Trinajstić information content (AvgIpc) is 2.49. The second-order valence-electron chi connectivity index (χ2n) is 4.41. The number of benzene rings is 1. The van der Waals surface area contributed by atoms with E-state index in [-0.39, 0.29) is 10.7 Å². The van der Waals surface area contributed by atoms with Crippen LogP contribution in [0.25, 0.3) is 0 Å². The highest BCUT2D eigenvalue weighted by atomic mass is 35.5. The van der Waals surface area contributed by atoms with Crippen LogP contribution in [0.5, 0.6) is 0 Å². The summed E-state index contributed by atoms with van der Waals surface area (Å²) in [5, 5.41) is 5.71. The fourth-order valence-corrected chi connectivity index (χ4v) is 1.90. The van der Waals surface area contributed by atoms with Crippen molar-refractivity contribution in [3.05, 3.63) is 52.9 Å². The third kappa shape index (κ3) is 3.92. The van der Waals surface area contributed by atoms with Gasteiger partial charge in [-0.2, -0.15) is 0 Å². The summed E-state index contributed by atoms with van der Waals surface area (Å²) in [4.78, 5) is 16.2. The number of rotatable bonds is 5. The van der Waals surface area contributed by atoms with E-state index >= 15 is 0 Å². The summed E-state index contributed by atoms with van der Waals surface area (Å²) in [6, 6.07) is 7.54. The maximum absolute atomic E-state index is 13.6. The van der Waals surface area contributed by atoms with Gasteiger partial charge in [0.25, 0.3) is 5.91 Å². The molecule has 0 bridgehead atoms. The number of amides is 1. The zero-order valence-corrected chi connectivity index (χ0v) is 12.2. The maximum atomic E-state index is 13.6. The van der Waals surface area contributed by atoms with Crippen LogP contribution in [-0.4, -0.2) is 17.4 Å². The van der Waals surface area contributed by atoms with Crippen LogP contribution in [-0.2, 0) is 0 Å². The molecule has 1 heterocycles. The molecule has 4 nitrogen and oxygen atoms in total. The van der Waals surface area contributed by atoms with Crippen molar-refractivity contribution in [3.8, 4) is 0 Å². The Balaban J connectivity index is 2.10. The van der Waals surface area contributed by atoms with Crippen molar-refractivity contribution in [1.82, 2.24) is 4.98 Å². The minimum Gasteiger partial charge on any atom is -0.370 e. The van der Waals surface area contributed by atoms with Gasteiger partial charge in [0.05, 0.1) is 16.3 Å². The molecule has 0 fully saturated rings. The van der Waals surface area contributed by atoms with Crippen LogP contribution >= 0.6 is 11.6 Å². The van der Waals surface area contributed by atoms with E-state index in [4.69, 9.17) is 11.6 Å². The molecule has 0 aliphatic heterocycles. The van der Waals surface area contributed by atoms with Crippen LogP contribution in [0.3, 0.4) is 0 Å². The summed E-state index contributed by atoms with van der Waals surface area (Å²) in [5.74, 6) is -0.348. The number of carbonyl (C=O) groups is 1. The van der Waals surface area contributed by atoms with Gasteiger partial charge in [0.15, 0.2) is 0 Å². The highest BCUT2D eigenvalue weighted by Crippen LogP contribution is 2.25. The third-order valence-corrected chi connectivity index (χ3v) is 3.10. The van der Waals surface area contributed by atoms with E-state index < -0.39 is 11.7 Å². The van der Waals surface area contributed by atoms with E-state index in [1.165, 1.54) is 24.4 Å². The lowest BCUT2D eigenvalue weighted by atomic mass is 10.2. The first kappa shape index (κ1) is 15.3. The molecule has 0 aliphatic carbocycles. The van der Waals surface area contributed by atoms with Gasteiger partial charge in [0, 0.05) is 12.7 Å². The number of aromatic nitrogens is 1. The topological polar surface area (TPSA) is 54.0 Å². The Hall–Kier alpha value is -2.14. The fraction of sp³-hybridized carbons (Fsp3) is 0.200. The minimum atomic E-state index is -0.579. The van der Waals surface area contributed by atoms with Crippen molar-refractivity contribution in [2.75, 3.05) is 17.2 Å². The zero-order valence-electron chi connectivity index (χ0n) is 11.5. The molecular formula is C15H15ClFN3O. The van der Waals surface area contributed by atoms with Gasteiger partial charge in [0.2, 0.25) is 0 Å². The van der Waals surface area contributed by atoms with Gasteiger partial charge >= 0.3 is 0 Å². The standard InChI is InChI=1S/C15H15ClFN3O/c1-2-8-18-13-7-6-10(9-19-13)15(21)20-14-11(16)4-3-5-12(14)17/h3-7,9H,2,8H2,1H3,(H,18,19)(H,20,21). The fourth-order valence-electron chi connectivity index (χ4n) is 1.69. The SMILES string of the molecule is CCCNc1ccc(C(=O)Nc2c(F)cccc2Cl)cn1. The Bertz CT molecular complexity index is 611. The van der Waals surface area contributed by atoms with Gasteiger partial charge in [-0.1, -0.05) is 24.6 Å². The van der Waals surface area contributed by atoms with Crippen molar-refractivity contribution in [1.29, 1.82) is 0 Å². The predicted molar refractivity (Wildman–Crippen MR) is 82.4 cm³/mol. The van der Waals surface area contributed by atoms with E-state index in [9.17, 15) is 9.18 Å². The Morgan fingerprint density at radius 2 is 2.14 bits per heavy atom. The molecule has 0 saturated heterocycles. The Kier molecular flexibility index (Phi) is 5.11. The van der Waals surface area contributed by atoms with Crippen LogP contribution in [0, 0.1) is 5.82 Å². The molecule has 0 atom stereocenters. The summed E-state index contributed by atoms with van der Waals surface area (Å²) in [6.45, 7) is 2.86. The quantitative estimate of drug-likeness (QED) is 0.879. The minimum absolute atomic E-state index is 0.0302. The second-order valence-corrected chi connectivity index (χ2v) is 4.82. The van der Waals surface area contributed by atoms with Crippen LogP contribution in [0.1, 0.15) is 23.7 Å². The molecule has 2 rings (SSSR count). The van der Waals surface area contributed by atoms with Crippen LogP contribution in [0.15, 0.2) is 36.5 Å². The van der Waals surface area contributed by atoms with Gasteiger partial charge in [-0.3, -0.25) is 4.79 Å². The van der Waals surface area contributed by atoms with Gasteiger partial charge in [-0.25, -0.2) is 9.37 Å². The number of para-hydroxylation sites is 1. The third-order valence-electron chi connectivity index (χ3n) is 2.78. The van der Waals surface area contributed by atoms with E-state index in [0.29, 0.717) is 11.4 Å². The zero-order chi connectivity index (χ0) is 15.2. The first-order chi connectivity index (χ1) is 10.1. The van der Waals surface area contributed by atoms with E-state index in [2.05, 4.69) is 15.6 Å². The van der Waals surface area contributed by atoms with E-state index in [0.717, 1.165) is 13.0 Å². The molecule has 0 saturated carbocycles. The van der Waals surface area contributed by atoms with Crippen LogP contribution in [0.4, 0.5) is 15.9 Å². The number of nitrogens with zero attached hydrogens (tertiary/aromatic N) is 1. The van der Waals surface area contributed by atoms with Crippen molar-refractivity contribution >= 4 is 29.0 Å². The monoisotopic (exact) mass is 307 g/mol.